The summed E-state index contributed by atoms with van der Waals surface area (Å²) in [6.07, 6.45) is 5.45. The van der Waals surface area contributed by atoms with Crippen molar-refractivity contribution in [3.8, 4) is 0 Å². The lowest BCUT2D eigenvalue weighted by molar-refractivity contribution is 0.0974. The zero-order valence-electron chi connectivity index (χ0n) is 13.2. The molecule has 0 aromatic carbocycles. The Labute approximate surface area is 117 Å². The molecule has 0 aliphatic heterocycles. The molecule has 2 unspecified atom stereocenters. The predicted molar refractivity (Wildman–Crippen MR) is 80.5 cm³/mol. The van der Waals surface area contributed by atoms with Crippen molar-refractivity contribution < 1.29 is 5.11 Å². The van der Waals surface area contributed by atoms with E-state index >= 15 is 0 Å². The van der Waals surface area contributed by atoms with Crippen molar-refractivity contribution in [1.82, 2.24) is 4.57 Å². The van der Waals surface area contributed by atoms with Crippen LogP contribution in [0.25, 0.3) is 0 Å². The van der Waals surface area contributed by atoms with E-state index < -0.39 is 0 Å². The summed E-state index contributed by atoms with van der Waals surface area (Å²) in [6.45, 7) is 11.3. The molecule has 1 heterocycles. The Morgan fingerprint density at radius 1 is 1.47 bits per heavy atom. The number of hydrogen-bond acceptors (Lipinski definition) is 1. The molecule has 0 bridgehead atoms. The normalized spacial score (nSPS) is 23.2. The molecular formula is C17H29NO. The van der Waals surface area contributed by atoms with Gasteiger partial charge in [-0.15, -0.1) is 0 Å². The first kappa shape index (κ1) is 14.6. The lowest BCUT2D eigenvalue weighted by atomic mass is 9.75. The summed E-state index contributed by atoms with van der Waals surface area (Å²) in [4.78, 5) is 0. The number of fused-ring (bicyclic) bond motifs is 1. The van der Waals surface area contributed by atoms with E-state index in [-0.39, 0.29) is 11.5 Å². The van der Waals surface area contributed by atoms with Gasteiger partial charge in [-0.1, -0.05) is 33.6 Å². The van der Waals surface area contributed by atoms with Crippen molar-refractivity contribution >= 4 is 0 Å². The minimum Gasteiger partial charge on any atom is -0.388 e. The summed E-state index contributed by atoms with van der Waals surface area (Å²) < 4.78 is 2.48. The highest BCUT2D eigenvalue weighted by atomic mass is 16.3. The van der Waals surface area contributed by atoms with Gasteiger partial charge in [-0.25, -0.2) is 0 Å². The van der Waals surface area contributed by atoms with Crippen LogP contribution in [0, 0.1) is 12.3 Å². The third-order valence-electron chi connectivity index (χ3n) is 4.54. The van der Waals surface area contributed by atoms with Gasteiger partial charge in [-0.3, -0.25) is 0 Å². The molecule has 1 aromatic rings. The van der Waals surface area contributed by atoms with Gasteiger partial charge in [0.25, 0.3) is 0 Å². The van der Waals surface area contributed by atoms with Gasteiger partial charge >= 0.3 is 0 Å². The summed E-state index contributed by atoms with van der Waals surface area (Å²) in [5.74, 6) is 0. The standard InChI is InChI=1S/C17H29NO/c1-6-7-8-12(2)18-13(3)9-14-15(18)10-17(4,5)11-16(14)19/h9,12,16,19H,6-8,10-11H2,1-5H3. The molecule has 1 aliphatic rings. The summed E-state index contributed by atoms with van der Waals surface area (Å²) in [5, 5.41) is 10.4. The van der Waals surface area contributed by atoms with Gasteiger partial charge in [-0.05, 0) is 44.6 Å². The largest absolute Gasteiger partial charge is 0.388 e. The molecule has 1 aromatic heterocycles. The maximum Gasteiger partial charge on any atom is 0.0812 e. The molecular weight excluding hydrogens is 234 g/mol. The van der Waals surface area contributed by atoms with E-state index in [2.05, 4.69) is 45.3 Å². The highest BCUT2D eigenvalue weighted by Crippen LogP contribution is 2.43. The molecule has 108 valence electrons. The molecule has 0 saturated heterocycles. The van der Waals surface area contributed by atoms with Crippen molar-refractivity contribution in [3.63, 3.8) is 0 Å². The first-order chi connectivity index (χ1) is 8.85. The lowest BCUT2D eigenvalue weighted by Gasteiger charge is -2.35. The number of hydrogen-bond donors (Lipinski definition) is 1. The van der Waals surface area contributed by atoms with Crippen molar-refractivity contribution in [2.45, 2.75) is 78.9 Å². The van der Waals surface area contributed by atoms with Crippen LogP contribution in [0.4, 0.5) is 0 Å². The maximum absolute atomic E-state index is 10.4. The van der Waals surface area contributed by atoms with E-state index in [0.717, 1.165) is 12.8 Å². The van der Waals surface area contributed by atoms with E-state index in [4.69, 9.17) is 0 Å². The van der Waals surface area contributed by atoms with Crippen LogP contribution >= 0.6 is 0 Å². The van der Waals surface area contributed by atoms with Gasteiger partial charge in [0.1, 0.15) is 0 Å². The third-order valence-corrected chi connectivity index (χ3v) is 4.54. The second kappa shape index (κ2) is 5.32. The highest BCUT2D eigenvalue weighted by Gasteiger charge is 2.34. The SMILES string of the molecule is CCCCC(C)n1c(C)cc2c1CC(C)(C)CC2O. The second-order valence-corrected chi connectivity index (χ2v) is 7.11. The third kappa shape index (κ3) is 2.89. The molecule has 0 spiro atoms. The number of aryl methyl sites for hydroxylation is 1. The number of aliphatic hydroxyl groups is 1. The predicted octanol–water partition coefficient (Wildman–Crippen LogP) is 4.55. The van der Waals surface area contributed by atoms with Crippen LogP contribution < -0.4 is 0 Å². The average molecular weight is 263 g/mol. The van der Waals surface area contributed by atoms with Crippen LogP contribution in [-0.4, -0.2) is 9.67 Å². The summed E-state index contributed by atoms with van der Waals surface area (Å²) in [6, 6.07) is 2.75. The van der Waals surface area contributed by atoms with Crippen LogP contribution in [0.15, 0.2) is 6.07 Å². The average Bonchev–Trinajstić information content (AvgIpc) is 2.61. The van der Waals surface area contributed by atoms with Gasteiger partial charge in [0, 0.05) is 23.0 Å². The van der Waals surface area contributed by atoms with Crippen molar-refractivity contribution in [2.75, 3.05) is 0 Å². The van der Waals surface area contributed by atoms with Crippen molar-refractivity contribution in [2.24, 2.45) is 5.41 Å². The van der Waals surface area contributed by atoms with Crippen LogP contribution in [0.3, 0.4) is 0 Å². The first-order valence-electron chi connectivity index (χ1n) is 7.74. The molecule has 19 heavy (non-hydrogen) atoms. The zero-order chi connectivity index (χ0) is 14.2. The van der Waals surface area contributed by atoms with Gasteiger partial charge in [0.05, 0.1) is 6.10 Å². The smallest absolute Gasteiger partial charge is 0.0812 e. The van der Waals surface area contributed by atoms with E-state index in [1.165, 1.54) is 36.2 Å². The van der Waals surface area contributed by atoms with Crippen LogP contribution in [0.5, 0.6) is 0 Å². The summed E-state index contributed by atoms with van der Waals surface area (Å²) in [7, 11) is 0. The molecule has 2 atom stereocenters. The molecule has 2 heteroatoms. The van der Waals surface area contributed by atoms with Crippen LogP contribution in [0.2, 0.25) is 0 Å². The Morgan fingerprint density at radius 2 is 2.16 bits per heavy atom. The Kier molecular flexibility index (Phi) is 4.10. The second-order valence-electron chi connectivity index (χ2n) is 7.11. The highest BCUT2D eigenvalue weighted by molar-refractivity contribution is 5.33. The maximum atomic E-state index is 10.4. The molecule has 1 aliphatic carbocycles. The minimum absolute atomic E-state index is 0.208. The number of rotatable bonds is 4. The van der Waals surface area contributed by atoms with Gasteiger partial charge in [0.2, 0.25) is 0 Å². The fourth-order valence-electron chi connectivity index (χ4n) is 3.61. The Balaban J connectivity index is 2.35. The van der Waals surface area contributed by atoms with Gasteiger partial charge in [0.15, 0.2) is 0 Å². The fraction of sp³-hybridized carbons (Fsp3) is 0.765. The molecule has 2 rings (SSSR count). The summed E-state index contributed by atoms with van der Waals surface area (Å²) >= 11 is 0. The Morgan fingerprint density at radius 3 is 2.79 bits per heavy atom. The monoisotopic (exact) mass is 263 g/mol. The van der Waals surface area contributed by atoms with E-state index in [1.54, 1.807) is 0 Å². The number of nitrogens with zero attached hydrogens (tertiary/aromatic N) is 1. The fourth-order valence-corrected chi connectivity index (χ4v) is 3.61. The summed E-state index contributed by atoms with van der Waals surface area (Å²) in [5.41, 5.74) is 4.08. The molecule has 0 fully saturated rings. The van der Waals surface area contributed by atoms with Gasteiger partial charge < -0.3 is 9.67 Å². The number of aromatic nitrogens is 1. The Bertz CT molecular complexity index is 444. The van der Waals surface area contributed by atoms with Crippen molar-refractivity contribution in [3.05, 3.63) is 23.0 Å². The number of aliphatic hydroxyl groups excluding tert-OH is 1. The molecule has 0 amide bonds. The van der Waals surface area contributed by atoms with E-state index in [9.17, 15) is 5.11 Å². The van der Waals surface area contributed by atoms with Crippen LogP contribution in [0.1, 0.15) is 82.5 Å². The molecule has 1 N–H and O–H groups in total. The number of unbranched alkanes of at least 4 members (excludes halogenated alkanes) is 1. The lowest BCUT2D eigenvalue weighted by Crippen LogP contribution is -2.27. The molecule has 0 saturated carbocycles. The van der Waals surface area contributed by atoms with Gasteiger partial charge in [-0.2, -0.15) is 0 Å². The van der Waals surface area contributed by atoms with E-state index in [0.29, 0.717) is 6.04 Å². The first-order valence-corrected chi connectivity index (χ1v) is 7.74. The van der Waals surface area contributed by atoms with Crippen LogP contribution in [-0.2, 0) is 6.42 Å². The van der Waals surface area contributed by atoms with E-state index in [1.807, 2.05) is 0 Å². The molecule has 0 radical (unpaired) electrons. The molecule has 2 nitrogen and oxygen atoms in total. The minimum atomic E-state index is -0.280. The van der Waals surface area contributed by atoms with Crippen molar-refractivity contribution in [1.29, 1.82) is 0 Å². The Hall–Kier alpha value is -0.760. The topological polar surface area (TPSA) is 25.2 Å². The quantitative estimate of drug-likeness (QED) is 0.846. The zero-order valence-corrected chi connectivity index (χ0v) is 13.2.